The van der Waals surface area contributed by atoms with Crippen molar-refractivity contribution in [3.05, 3.63) is 52.9 Å². The van der Waals surface area contributed by atoms with Gasteiger partial charge in [-0.25, -0.2) is 0 Å². The van der Waals surface area contributed by atoms with Crippen LogP contribution in [0.2, 0.25) is 0 Å². The standard InChI is InChI=1S/C27H34F6N4O/c1-16(5-4-12-36-25(38)19-8-9-19)15-21-20(23(34)17(2)26(28,29)30)6-3-7-22(21)37-24(27(31,32)33)18-10-13-35-14-11-18/h3-7,15-16,18-19,24,35,37H,2,8-14,34H2,1H3,(H,36,38)/b5-4+,21-15+,23-20-. The summed E-state index contributed by atoms with van der Waals surface area (Å²) in [5, 5.41) is 8.47. The quantitative estimate of drug-likeness (QED) is 0.282. The monoisotopic (exact) mass is 544 g/mol. The van der Waals surface area contributed by atoms with Gasteiger partial charge in [-0.1, -0.05) is 43.9 Å². The molecular formula is C27H34F6N4O. The second-order valence-electron chi connectivity index (χ2n) is 9.88. The van der Waals surface area contributed by atoms with E-state index in [0.29, 0.717) is 25.9 Å². The molecule has 1 saturated carbocycles. The van der Waals surface area contributed by atoms with Gasteiger partial charge in [0.25, 0.3) is 0 Å². The zero-order chi connectivity index (χ0) is 28.1. The average molecular weight is 545 g/mol. The zero-order valence-corrected chi connectivity index (χ0v) is 21.2. The molecule has 0 aromatic heterocycles. The fourth-order valence-corrected chi connectivity index (χ4v) is 4.48. The maximum Gasteiger partial charge on any atom is 0.417 e. The van der Waals surface area contributed by atoms with E-state index < -0.39 is 41.5 Å². The molecule has 2 fully saturated rings. The smallest absolute Gasteiger partial charge is 0.398 e. The van der Waals surface area contributed by atoms with Crippen LogP contribution in [0.4, 0.5) is 32.0 Å². The number of halogens is 6. The summed E-state index contributed by atoms with van der Waals surface area (Å²) in [6, 6.07) is 2.23. The predicted octanol–water partition coefficient (Wildman–Crippen LogP) is 3.71. The molecule has 11 heteroatoms. The van der Waals surface area contributed by atoms with E-state index in [1.165, 1.54) is 18.2 Å². The van der Waals surface area contributed by atoms with E-state index in [9.17, 15) is 31.1 Å². The van der Waals surface area contributed by atoms with Gasteiger partial charge in [0.15, 0.2) is 0 Å². The van der Waals surface area contributed by atoms with Crippen LogP contribution in [-0.2, 0) is 4.79 Å². The van der Waals surface area contributed by atoms with Crippen LogP contribution in [0.5, 0.6) is 0 Å². The number of hydrogen-bond acceptors (Lipinski definition) is 4. The molecule has 0 spiro atoms. The Balaban J connectivity index is 2.02. The number of carbonyl (C=O) groups is 1. The highest BCUT2D eigenvalue weighted by Gasteiger charge is 2.45. The van der Waals surface area contributed by atoms with Crippen molar-refractivity contribution in [2.75, 3.05) is 25.0 Å². The molecule has 0 radical (unpaired) electrons. The number of nitrogens with one attached hydrogen (secondary N) is 3. The van der Waals surface area contributed by atoms with Crippen LogP contribution in [0.15, 0.2) is 42.5 Å². The Kier molecular flexibility index (Phi) is 9.56. The van der Waals surface area contributed by atoms with E-state index in [4.69, 9.17) is 5.73 Å². The molecule has 0 bridgehead atoms. The minimum Gasteiger partial charge on any atom is -0.398 e. The van der Waals surface area contributed by atoms with E-state index in [1.54, 1.807) is 25.2 Å². The molecule has 5 nitrogen and oxygen atoms in total. The summed E-state index contributed by atoms with van der Waals surface area (Å²) in [5.41, 5.74) is 3.96. The first kappa shape index (κ1) is 29.6. The Labute approximate surface area is 217 Å². The van der Waals surface area contributed by atoms with Gasteiger partial charge in [0.1, 0.15) is 6.04 Å². The minimum atomic E-state index is -4.81. The lowest BCUT2D eigenvalue weighted by Gasteiger charge is -2.33. The van der Waals surface area contributed by atoms with E-state index in [-0.39, 0.29) is 34.5 Å². The minimum absolute atomic E-state index is 0.0311. The van der Waals surface area contributed by atoms with Crippen LogP contribution in [0.3, 0.4) is 0 Å². The molecule has 2 unspecified atom stereocenters. The third-order valence-electron chi connectivity index (χ3n) is 6.79. The number of carbonyl (C=O) groups excluding carboxylic acids is 1. The Morgan fingerprint density at radius 1 is 1.16 bits per heavy atom. The summed E-state index contributed by atoms with van der Waals surface area (Å²) in [4.78, 5) is 11.8. The molecule has 2 atom stereocenters. The molecule has 1 aliphatic heterocycles. The maximum atomic E-state index is 14.1. The lowest BCUT2D eigenvalue weighted by atomic mass is 9.89. The van der Waals surface area contributed by atoms with Gasteiger partial charge in [0, 0.05) is 28.6 Å². The number of alkyl halides is 6. The van der Waals surface area contributed by atoms with Crippen molar-refractivity contribution in [3.8, 4) is 0 Å². The summed E-state index contributed by atoms with van der Waals surface area (Å²) in [5.74, 6) is -1.08. The van der Waals surface area contributed by atoms with E-state index in [1.807, 2.05) is 0 Å². The highest BCUT2D eigenvalue weighted by atomic mass is 19.4. The topological polar surface area (TPSA) is 79.2 Å². The molecule has 1 aromatic carbocycles. The van der Waals surface area contributed by atoms with E-state index in [2.05, 4.69) is 22.5 Å². The molecule has 1 heterocycles. The van der Waals surface area contributed by atoms with Gasteiger partial charge in [0.2, 0.25) is 5.91 Å². The number of amides is 1. The summed E-state index contributed by atoms with van der Waals surface area (Å²) < 4.78 is 82.6. The van der Waals surface area contributed by atoms with E-state index >= 15 is 0 Å². The second-order valence-corrected chi connectivity index (χ2v) is 9.88. The molecule has 1 aromatic rings. The van der Waals surface area contributed by atoms with Crippen LogP contribution in [0.25, 0.3) is 11.8 Å². The van der Waals surface area contributed by atoms with Crippen molar-refractivity contribution >= 4 is 23.4 Å². The Morgan fingerprint density at radius 3 is 2.39 bits per heavy atom. The maximum absolute atomic E-state index is 14.1. The van der Waals surface area contributed by atoms with Gasteiger partial charge < -0.3 is 21.7 Å². The molecule has 3 rings (SSSR count). The van der Waals surface area contributed by atoms with Crippen molar-refractivity contribution < 1.29 is 31.1 Å². The first-order chi connectivity index (χ1) is 17.8. The van der Waals surface area contributed by atoms with Gasteiger partial charge in [-0.2, -0.15) is 26.3 Å². The van der Waals surface area contributed by atoms with Crippen LogP contribution < -0.4 is 32.1 Å². The number of nitrogens with two attached hydrogens (primary N) is 1. The van der Waals surface area contributed by atoms with Crippen molar-refractivity contribution in [2.45, 2.75) is 51.0 Å². The molecule has 38 heavy (non-hydrogen) atoms. The van der Waals surface area contributed by atoms with Gasteiger partial charge in [-0.05, 0) is 56.7 Å². The van der Waals surface area contributed by atoms with Crippen LogP contribution >= 0.6 is 0 Å². The number of allylic oxidation sites excluding steroid dienone is 1. The van der Waals surface area contributed by atoms with Gasteiger partial charge >= 0.3 is 12.4 Å². The molecule has 2 aliphatic rings. The lowest BCUT2D eigenvalue weighted by molar-refractivity contribution is -0.155. The summed E-state index contributed by atoms with van der Waals surface area (Å²) in [6.07, 6.45) is -2.06. The fraction of sp³-hybridized carbons (Fsp3) is 0.519. The first-order valence-corrected chi connectivity index (χ1v) is 12.6. The first-order valence-electron chi connectivity index (χ1n) is 12.6. The van der Waals surface area contributed by atoms with Crippen LogP contribution in [0, 0.1) is 17.8 Å². The van der Waals surface area contributed by atoms with Gasteiger partial charge in [-0.3, -0.25) is 4.79 Å². The molecule has 210 valence electrons. The summed E-state index contributed by atoms with van der Waals surface area (Å²) in [6.45, 7) is 5.96. The normalized spacial score (nSPS) is 20.2. The summed E-state index contributed by atoms with van der Waals surface area (Å²) in [7, 11) is 0. The molecule has 1 saturated heterocycles. The highest BCUT2D eigenvalue weighted by molar-refractivity contribution is 5.80. The van der Waals surface area contributed by atoms with Crippen molar-refractivity contribution in [1.82, 2.24) is 10.6 Å². The summed E-state index contributed by atoms with van der Waals surface area (Å²) >= 11 is 0. The fourth-order valence-electron chi connectivity index (χ4n) is 4.48. The zero-order valence-electron chi connectivity index (χ0n) is 21.2. The van der Waals surface area contributed by atoms with Gasteiger partial charge in [-0.15, -0.1) is 0 Å². The Bertz CT molecular complexity index is 1150. The van der Waals surface area contributed by atoms with E-state index in [0.717, 1.165) is 12.8 Å². The van der Waals surface area contributed by atoms with Gasteiger partial charge in [0.05, 0.1) is 11.3 Å². The Hall–Kier alpha value is -2.95. The lowest BCUT2D eigenvalue weighted by Crippen LogP contribution is -2.48. The molecule has 1 aliphatic carbocycles. The van der Waals surface area contributed by atoms with Crippen molar-refractivity contribution in [1.29, 1.82) is 0 Å². The predicted molar refractivity (Wildman–Crippen MR) is 136 cm³/mol. The molecular weight excluding hydrogens is 510 g/mol. The van der Waals surface area contributed by atoms with Crippen molar-refractivity contribution in [3.63, 3.8) is 0 Å². The Morgan fingerprint density at radius 2 is 1.82 bits per heavy atom. The molecule has 5 N–H and O–H groups in total. The number of hydrogen-bond donors (Lipinski definition) is 4. The number of benzene rings is 1. The second kappa shape index (κ2) is 12.3. The number of piperidine rings is 1. The third-order valence-corrected chi connectivity index (χ3v) is 6.79. The molecule has 1 amide bonds. The van der Waals surface area contributed by atoms with Crippen LogP contribution in [0.1, 0.15) is 32.6 Å². The number of anilines is 1. The SMILES string of the molecule is C=C(/C(N)=c1\cccc(NC(C2CCNCC2)C(F)(F)F)\c1=C\C(C)/C=C/CNC(=O)C1CC1)C(F)(F)F. The largest absolute Gasteiger partial charge is 0.417 e. The average Bonchev–Trinajstić information content (AvgIpc) is 3.70. The number of rotatable bonds is 9. The van der Waals surface area contributed by atoms with Crippen LogP contribution in [-0.4, -0.2) is 43.9 Å². The third kappa shape index (κ3) is 8.02. The van der Waals surface area contributed by atoms with Crippen molar-refractivity contribution in [2.24, 2.45) is 23.5 Å². The highest BCUT2D eigenvalue weighted by Crippen LogP contribution is 2.33.